The number of hydrogen-bond acceptors (Lipinski definition) is 2. The second kappa shape index (κ2) is 4.30. The third-order valence-corrected chi connectivity index (χ3v) is 3.64. The highest BCUT2D eigenvalue weighted by molar-refractivity contribution is 9.09. The van der Waals surface area contributed by atoms with Crippen LogP contribution in [0.15, 0.2) is 18.3 Å². The molecule has 14 heavy (non-hydrogen) atoms. The molecule has 0 amide bonds. The lowest BCUT2D eigenvalue weighted by atomic mass is 10.1. The van der Waals surface area contributed by atoms with Gasteiger partial charge in [0, 0.05) is 17.1 Å². The fourth-order valence-corrected chi connectivity index (χ4v) is 2.44. The standard InChI is InChI=1S/C11H14BrNO/c1-14-11-7-8(4-5-13-11)6-10(12)9-2-3-9/h4-5,7,9-10H,2-3,6H2,1H3. The van der Waals surface area contributed by atoms with E-state index in [-0.39, 0.29) is 0 Å². The number of methoxy groups -OCH3 is 1. The van der Waals surface area contributed by atoms with Crippen molar-refractivity contribution in [1.82, 2.24) is 4.98 Å². The summed E-state index contributed by atoms with van der Waals surface area (Å²) in [7, 11) is 1.65. The summed E-state index contributed by atoms with van der Waals surface area (Å²) >= 11 is 3.73. The van der Waals surface area contributed by atoms with Crippen molar-refractivity contribution < 1.29 is 4.74 Å². The Bertz CT molecular complexity index is 312. The summed E-state index contributed by atoms with van der Waals surface area (Å²) in [5.74, 6) is 1.59. The van der Waals surface area contributed by atoms with Gasteiger partial charge in [-0.3, -0.25) is 0 Å². The highest BCUT2D eigenvalue weighted by Crippen LogP contribution is 2.38. The van der Waals surface area contributed by atoms with Crippen molar-refractivity contribution >= 4 is 15.9 Å². The summed E-state index contributed by atoms with van der Waals surface area (Å²) in [6.45, 7) is 0. The molecule has 2 nitrogen and oxygen atoms in total. The largest absolute Gasteiger partial charge is 0.481 e. The van der Waals surface area contributed by atoms with E-state index >= 15 is 0 Å². The molecule has 1 fully saturated rings. The van der Waals surface area contributed by atoms with Crippen LogP contribution in [0.2, 0.25) is 0 Å². The van der Waals surface area contributed by atoms with Gasteiger partial charge in [0.25, 0.3) is 0 Å². The smallest absolute Gasteiger partial charge is 0.213 e. The Hall–Kier alpha value is -0.570. The van der Waals surface area contributed by atoms with Gasteiger partial charge < -0.3 is 4.74 Å². The SMILES string of the molecule is COc1cc(CC(Br)C2CC2)ccn1. The minimum Gasteiger partial charge on any atom is -0.481 e. The Morgan fingerprint density at radius 3 is 3.07 bits per heavy atom. The lowest BCUT2D eigenvalue weighted by Crippen LogP contribution is -2.05. The van der Waals surface area contributed by atoms with Crippen molar-refractivity contribution in [1.29, 1.82) is 0 Å². The fraction of sp³-hybridized carbons (Fsp3) is 0.545. The minimum atomic E-state index is 0.620. The molecular formula is C11H14BrNO. The van der Waals surface area contributed by atoms with Gasteiger partial charge in [-0.2, -0.15) is 0 Å². The van der Waals surface area contributed by atoms with Gasteiger partial charge in [-0.15, -0.1) is 0 Å². The Morgan fingerprint density at radius 2 is 2.43 bits per heavy atom. The van der Waals surface area contributed by atoms with Gasteiger partial charge in [-0.05, 0) is 36.8 Å². The van der Waals surface area contributed by atoms with Crippen molar-refractivity contribution in [3.8, 4) is 5.88 Å². The molecule has 3 heteroatoms. The molecule has 0 bridgehead atoms. The van der Waals surface area contributed by atoms with E-state index in [1.54, 1.807) is 13.3 Å². The molecule has 1 unspecified atom stereocenters. The monoisotopic (exact) mass is 255 g/mol. The summed E-state index contributed by atoms with van der Waals surface area (Å²) in [4.78, 5) is 4.71. The highest BCUT2D eigenvalue weighted by Gasteiger charge is 2.29. The van der Waals surface area contributed by atoms with E-state index < -0.39 is 0 Å². The lowest BCUT2D eigenvalue weighted by Gasteiger charge is -2.08. The van der Waals surface area contributed by atoms with Crippen molar-refractivity contribution in [3.05, 3.63) is 23.9 Å². The number of aromatic nitrogens is 1. The Kier molecular flexibility index (Phi) is 3.06. The average molecular weight is 256 g/mol. The van der Waals surface area contributed by atoms with Gasteiger partial charge in [0.1, 0.15) is 0 Å². The molecule has 0 spiro atoms. The maximum absolute atomic E-state index is 5.09. The quantitative estimate of drug-likeness (QED) is 0.773. The van der Waals surface area contributed by atoms with Crippen molar-refractivity contribution in [2.45, 2.75) is 24.1 Å². The predicted octanol–water partition coefficient (Wildman–Crippen LogP) is 2.81. The number of rotatable bonds is 4. The molecule has 2 rings (SSSR count). The number of pyridine rings is 1. The second-order valence-electron chi connectivity index (χ2n) is 3.76. The van der Waals surface area contributed by atoms with Crippen LogP contribution in [-0.2, 0) is 6.42 Å². The molecule has 76 valence electrons. The van der Waals surface area contributed by atoms with Crippen LogP contribution in [0.3, 0.4) is 0 Å². The van der Waals surface area contributed by atoms with Crippen molar-refractivity contribution in [3.63, 3.8) is 0 Å². The van der Waals surface area contributed by atoms with Crippen LogP contribution in [0.25, 0.3) is 0 Å². The molecule has 1 heterocycles. The summed E-state index contributed by atoms with van der Waals surface area (Å²) in [6, 6.07) is 4.07. The average Bonchev–Trinajstić information content (AvgIpc) is 3.01. The molecule has 1 aromatic rings. The van der Waals surface area contributed by atoms with E-state index in [0.717, 1.165) is 12.3 Å². The number of alkyl halides is 1. The maximum Gasteiger partial charge on any atom is 0.213 e. The molecule has 1 aliphatic carbocycles. The number of halogens is 1. The van der Waals surface area contributed by atoms with Crippen LogP contribution in [-0.4, -0.2) is 16.9 Å². The normalized spacial score (nSPS) is 17.9. The van der Waals surface area contributed by atoms with Crippen LogP contribution >= 0.6 is 15.9 Å². The van der Waals surface area contributed by atoms with Gasteiger partial charge in [0.2, 0.25) is 5.88 Å². The minimum absolute atomic E-state index is 0.620. The van der Waals surface area contributed by atoms with Gasteiger partial charge in [0.15, 0.2) is 0 Å². The molecule has 0 N–H and O–H groups in total. The number of ether oxygens (including phenoxy) is 1. The van der Waals surface area contributed by atoms with Crippen LogP contribution in [0.5, 0.6) is 5.88 Å². The molecule has 1 aromatic heterocycles. The molecule has 1 atom stereocenters. The summed E-state index contributed by atoms with van der Waals surface area (Å²) in [5, 5.41) is 0. The van der Waals surface area contributed by atoms with Crippen LogP contribution in [0.4, 0.5) is 0 Å². The van der Waals surface area contributed by atoms with E-state index in [4.69, 9.17) is 4.74 Å². The first-order valence-corrected chi connectivity index (χ1v) is 5.84. The first kappa shape index (κ1) is 9.97. The Labute approximate surface area is 92.8 Å². The van der Waals surface area contributed by atoms with Crippen LogP contribution in [0.1, 0.15) is 18.4 Å². The summed E-state index contributed by atoms with van der Waals surface area (Å²) < 4.78 is 5.09. The maximum atomic E-state index is 5.09. The van der Waals surface area contributed by atoms with Crippen LogP contribution < -0.4 is 4.74 Å². The Balaban J connectivity index is 2.00. The lowest BCUT2D eigenvalue weighted by molar-refractivity contribution is 0.397. The van der Waals surface area contributed by atoms with Crippen molar-refractivity contribution in [2.24, 2.45) is 5.92 Å². The third-order valence-electron chi connectivity index (χ3n) is 2.57. The molecule has 1 saturated carbocycles. The molecule has 0 saturated heterocycles. The molecule has 0 aliphatic heterocycles. The van der Waals surface area contributed by atoms with Gasteiger partial charge in [-0.25, -0.2) is 4.98 Å². The zero-order valence-electron chi connectivity index (χ0n) is 8.24. The van der Waals surface area contributed by atoms with Gasteiger partial charge in [-0.1, -0.05) is 15.9 Å². The van der Waals surface area contributed by atoms with E-state index in [0.29, 0.717) is 10.7 Å². The summed E-state index contributed by atoms with van der Waals surface area (Å²) in [5.41, 5.74) is 1.30. The molecule has 1 aliphatic rings. The fourth-order valence-electron chi connectivity index (χ4n) is 1.54. The van der Waals surface area contributed by atoms with Gasteiger partial charge in [0.05, 0.1) is 7.11 Å². The summed E-state index contributed by atoms with van der Waals surface area (Å²) in [6.07, 6.45) is 5.63. The first-order chi connectivity index (χ1) is 6.79. The van der Waals surface area contributed by atoms with E-state index in [1.807, 2.05) is 6.07 Å². The van der Waals surface area contributed by atoms with E-state index in [1.165, 1.54) is 18.4 Å². The second-order valence-corrected chi connectivity index (χ2v) is 4.94. The van der Waals surface area contributed by atoms with E-state index in [2.05, 4.69) is 27.0 Å². The Morgan fingerprint density at radius 1 is 1.64 bits per heavy atom. The predicted molar refractivity (Wildman–Crippen MR) is 59.9 cm³/mol. The molecular weight excluding hydrogens is 242 g/mol. The zero-order chi connectivity index (χ0) is 9.97. The van der Waals surface area contributed by atoms with Crippen LogP contribution in [0, 0.1) is 5.92 Å². The third kappa shape index (κ3) is 2.47. The van der Waals surface area contributed by atoms with Crippen molar-refractivity contribution in [2.75, 3.05) is 7.11 Å². The highest BCUT2D eigenvalue weighted by atomic mass is 79.9. The molecule has 0 aromatic carbocycles. The first-order valence-electron chi connectivity index (χ1n) is 4.92. The number of nitrogens with zero attached hydrogens (tertiary/aromatic N) is 1. The number of hydrogen-bond donors (Lipinski definition) is 0. The topological polar surface area (TPSA) is 22.1 Å². The van der Waals surface area contributed by atoms with Gasteiger partial charge >= 0.3 is 0 Å². The zero-order valence-corrected chi connectivity index (χ0v) is 9.83. The van der Waals surface area contributed by atoms with E-state index in [9.17, 15) is 0 Å². The molecule has 0 radical (unpaired) electrons.